The number of allylic oxidation sites excluding steroid dienone is 2. The van der Waals surface area contributed by atoms with Gasteiger partial charge in [-0.05, 0) is 45.4 Å². The average molecular weight is 290 g/mol. The van der Waals surface area contributed by atoms with Crippen LogP contribution >= 0.6 is 0 Å². The second-order valence-electron chi connectivity index (χ2n) is 4.93. The summed E-state index contributed by atoms with van der Waals surface area (Å²) in [5.41, 5.74) is 1.32. The van der Waals surface area contributed by atoms with Gasteiger partial charge in [0, 0.05) is 6.07 Å². The summed E-state index contributed by atoms with van der Waals surface area (Å²) < 4.78 is 15.9. The molecule has 0 radical (unpaired) electrons. The molecule has 5 nitrogen and oxygen atoms in total. The quantitative estimate of drug-likeness (QED) is 0.630. The zero-order chi connectivity index (χ0) is 15.6. The summed E-state index contributed by atoms with van der Waals surface area (Å²) in [5.74, 6) is 0.692. The van der Waals surface area contributed by atoms with E-state index in [1.165, 1.54) is 0 Å². The molecule has 5 heteroatoms. The maximum Gasteiger partial charge on any atom is 0.347 e. The summed E-state index contributed by atoms with van der Waals surface area (Å²) in [4.78, 5) is 23.6. The standard InChI is InChI=1S/C16H18O5/c1-5-19-16(18)10(4)20-11-6-7-12-13(8-11)21-15(9(2)3)14(12)17/h6-8,10H,5H2,1-4H3. The van der Waals surface area contributed by atoms with Crippen LogP contribution in [0.2, 0.25) is 0 Å². The van der Waals surface area contributed by atoms with Gasteiger partial charge in [0.1, 0.15) is 11.5 Å². The van der Waals surface area contributed by atoms with Gasteiger partial charge in [0.15, 0.2) is 11.9 Å². The van der Waals surface area contributed by atoms with Crippen LogP contribution in [-0.4, -0.2) is 24.5 Å². The number of benzene rings is 1. The molecule has 0 spiro atoms. The van der Waals surface area contributed by atoms with Gasteiger partial charge in [0.05, 0.1) is 12.2 Å². The van der Waals surface area contributed by atoms with E-state index in [2.05, 4.69) is 0 Å². The highest BCUT2D eigenvalue weighted by atomic mass is 16.6. The van der Waals surface area contributed by atoms with E-state index in [0.29, 0.717) is 29.4 Å². The molecule has 112 valence electrons. The minimum absolute atomic E-state index is 0.130. The molecule has 0 fully saturated rings. The third-order valence-corrected chi connectivity index (χ3v) is 3.00. The van der Waals surface area contributed by atoms with Crippen molar-refractivity contribution in [1.82, 2.24) is 0 Å². The van der Waals surface area contributed by atoms with Crippen molar-refractivity contribution in [2.75, 3.05) is 6.61 Å². The Bertz CT molecular complexity index is 611. The molecular formula is C16H18O5. The average Bonchev–Trinajstić information content (AvgIpc) is 2.76. The minimum atomic E-state index is -0.719. The molecule has 1 aromatic rings. The summed E-state index contributed by atoms with van der Waals surface area (Å²) in [5, 5.41) is 0. The monoisotopic (exact) mass is 290 g/mol. The minimum Gasteiger partial charge on any atom is -0.479 e. The lowest BCUT2D eigenvalue weighted by Gasteiger charge is -2.13. The molecule has 2 rings (SSSR count). The molecule has 0 saturated carbocycles. The van der Waals surface area contributed by atoms with Crippen molar-refractivity contribution in [2.24, 2.45) is 0 Å². The van der Waals surface area contributed by atoms with Crippen LogP contribution in [0.3, 0.4) is 0 Å². The lowest BCUT2D eigenvalue weighted by molar-refractivity contribution is -0.150. The fraction of sp³-hybridized carbons (Fsp3) is 0.375. The molecule has 1 aliphatic rings. The summed E-state index contributed by atoms with van der Waals surface area (Å²) in [7, 11) is 0. The number of ether oxygens (including phenoxy) is 3. The smallest absolute Gasteiger partial charge is 0.347 e. The van der Waals surface area contributed by atoms with Crippen molar-refractivity contribution in [1.29, 1.82) is 0 Å². The van der Waals surface area contributed by atoms with Gasteiger partial charge in [-0.25, -0.2) is 4.79 Å². The van der Waals surface area contributed by atoms with Crippen LogP contribution in [-0.2, 0) is 9.53 Å². The van der Waals surface area contributed by atoms with Crippen molar-refractivity contribution >= 4 is 11.8 Å². The van der Waals surface area contributed by atoms with Crippen molar-refractivity contribution in [2.45, 2.75) is 33.8 Å². The Morgan fingerprint density at radius 2 is 2.05 bits per heavy atom. The largest absolute Gasteiger partial charge is 0.479 e. The Kier molecular flexibility index (Phi) is 4.31. The van der Waals surface area contributed by atoms with E-state index >= 15 is 0 Å². The van der Waals surface area contributed by atoms with Gasteiger partial charge in [0.2, 0.25) is 5.78 Å². The first-order valence-electron chi connectivity index (χ1n) is 6.81. The predicted molar refractivity (Wildman–Crippen MR) is 76.5 cm³/mol. The van der Waals surface area contributed by atoms with Crippen LogP contribution in [0.25, 0.3) is 0 Å². The SMILES string of the molecule is CCOC(=O)C(C)Oc1ccc2c(c1)OC(=C(C)C)C2=O. The number of fused-ring (bicyclic) bond motifs is 1. The fourth-order valence-electron chi connectivity index (χ4n) is 1.97. The number of carbonyl (C=O) groups excluding carboxylic acids is 2. The van der Waals surface area contributed by atoms with Gasteiger partial charge < -0.3 is 14.2 Å². The lowest BCUT2D eigenvalue weighted by atomic mass is 10.1. The topological polar surface area (TPSA) is 61.8 Å². The third kappa shape index (κ3) is 3.07. The van der Waals surface area contributed by atoms with Crippen LogP contribution in [0.4, 0.5) is 0 Å². The Morgan fingerprint density at radius 3 is 2.67 bits per heavy atom. The second kappa shape index (κ2) is 5.99. The molecule has 1 heterocycles. The Hall–Kier alpha value is -2.30. The molecule has 21 heavy (non-hydrogen) atoms. The zero-order valence-electron chi connectivity index (χ0n) is 12.6. The van der Waals surface area contributed by atoms with Crippen molar-refractivity contribution in [3.05, 3.63) is 35.1 Å². The molecule has 0 N–H and O–H groups in total. The highest BCUT2D eigenvalue weighted by Gasteiger charge is 2.29. The van der Waals surface area contributed by atoms with E-state index in [1.54, 1.807) is 32.0 Å². The number of carbonyl (C=O) groups is 2. The Labute approximate surface area is 123 Å². The van der Waals surface area contributed by atoms with Gasteiger partial charge in [-0.2, -0.15) is 0 Å². The molecule has 1 aliphatic heterocycles. The highest BCUT2D eigenvalue weighted by Crippen LogP contribution is 2.35. The maximum absolute atomic E-state index is 12.1. The first-order chi connectivity index (χ1) is 9.93. The van der Waals surface area contributed by atoms with Crippen molar-refractivity contribution in [3.63, 3.8) is 0 Å². The van der Waals surface area contributed by atoms with Gasteiger partial charge in [0.25, 0.3) is 0 Å². The second-order valence-corrected chi connectivity index (χ2v) is 4.93. The predicted octanol–water partition coefficient (Wildman–Crippen LogP) is 2.89. The van der Waals surface area contributed by atoms with E-state index in [-0.39, 0.29) is 5.78 Å². The fourth-order valence-corrected chi connectivity index (χ4v) is 1.97. The lowest BCUT2D eigenvalue weighted by Crippen LogP contribution is -2.26. The zero-order valence-corrected chi connectivity index (χ0v) is 12.6. The molecule has 1 unspecified atom stereocenters. The normalized spacial score (nSPS) is 14.3. The van der Waals surface area contributed by atoms with Crippen LogP contribution in [0, 0.1) is 0 Å². The van der Waals surface area contributed by atoms with Crippen molar-refractivity contribution in [3.8, 4) is 11.5 Å². The van der Waals surface area contributed by atoms with Crippen LogP contribution < -0.4 is 9.47 Å². The molecule has 0 aliphatic carbocycles. The highest BCUT2D eigenvalue weighted by molar-refractivity contribution is 6.12. The van der Waals surface area contributed by atoms with Crippen LogP contribution in [0.5, 0.6) is 11.5 Å². The number of hydrogen-bond acceptors (Lipinski definition) is 5. The molecule has 1 atom stereocenters. The van der Waals surface area contributed by atoms with E-state index in [4.69, 9.17) is 14.2 Å². The summed E-state index contributed by atoms with van der Waals surface area (Å²) in [6.45, 7) is 7.29. The summed E-state index contributed by atoms with van der Waals surface area (Å²) in [6.07, 6.45) is -0.719. The van der Waals surface area contributed by atoms with Gasteiger partial charge >= 0.3 is 5.97 Å². The first kappa shape index (κ1) is 15.1. The van der Waals surface area contributed by atoms with Crippen molar-refractivity contribution < 1.29 is 23.8 Å². The molecular weight excluding hydrogens is 272 g/mol. The number of rotatable bonds is 4. The van der Waals surface area contributed by atoms with Gasteiger partial charge in [-0.3, -0.25) is 4.79 Å². The molecule has 0 amide bonds. The number of ketones is 1. The summed E-state index contributed by atoms with van der Waals surface area (Å²) >= 11 is 0. The first-order valence-corrected chi connectivity index (χ1v) is 6.81. The van der Waals surface area contributed by atoms with Gasteiger partial charge in [-0.1, -0.05) is 0 Å². The number of hydrogen-bond donors (Lipinski definition) is 0. The van der Waals surface area contributed by atoms with Gasteiger partial charge in [-0.15, -0.1) is 0 Å². The van der Waals surface area contributed by atoms with E-state index in [9.17, 15) is 9.59 Å². The Balaban J connectivity index is 2.18. The van der Waals surface area contributed by atoms with E-state index in [1.807, 2.05) is 13.8 Å². The van der Waals surface area contributed by atoms with E-state index in [0.717, 1.165) is 5.57 Å². The van der Waals surface area contributed by atoms with E-state index < -0.39 is 12.1 Å². The third-order valence-electron chi connectivity index (χ3n) is 3.00. The Morgan fingerprint density at radius 1 is 1.33 bits per heavy atom. The maximum atomic E-state index is 12.1. The molecule has 0 saturated heterocycles. The summed E-state index contributed by atoms with van der Waals surface area (Å²) in [6, 6.07) is 4.89. The molecule has 0 aromatic heterocycles. The number of Topliss-reactive ketones (excluding diaryl/α,β-unsaturated/α-hetero) is 1. The molecule has 0 bridgehead atoms. The number of esters is 1. The molecule has 1 aromatic carbocycles. The van der Waals surface area contributed by atoms with Crippen LogP contribution in [0.15, 0.2) is 29.5 Å². The van der Waals surface area contributed by atoms with Crippen LogP contribution in [0.1, 0.15) is 38.1 Å².